The molecule has 0 radical (unpaired) electrons. The Morgan fingerprint density at radius 1 is 1.18 bits per heavy atom. The van der Waals surface area contributed by atoms with Gasteiger partial charge in [0.1, 0.15) is 5.76 Å². The van der Waals surface area contributed by atoms with Gasteiger partial charge in [0.15, 0.2) is 5.96 Å². The zero-order chi connectivity index (χ0) is 19.2. The third-order valence-corrected chi connectivity index (χ3v) is 6.51. The van der Waals surface area contributed by atoms with Crippen LogP contribution in [0.3, 0.4) is 0 Å². The number of hydrogen-bond donors (Lipinski definition) is 2. The molecule has 0 aromatic carbocycles. The van der Waals surface area contributed by atoms with Gasteiger partial charge in [-0.15, -0.1) is 0 Å². The summed E-state index contributed by atoms with van der Waals surface area (Å²) in [5, 5.41) is 7.15. The summed E-state index contributed by atoms with van der Waals surface area (Å²) < 4.78 is 5.45. The van der Waals surface area contributed by atoms with E-state index in [9.17, 15) is 0 Å². The van der Waals surface area contributed by atoms with Crippen LogP contribution in [0.15, 0.2) is 27.8 Å². The Kier molecular flexibility index (Phi) is 6.88. The lowest BCUT2D eigenvalue weighted by molar-refractivity contribution is 0.0174. The number of likely N-dealkylation sites (tertiary alicyclic amines) is 1. The van der Waals surface area contributed by atoms with Crippen molar-refractivity contribution in [2.75, 3.05) is 65.4 Å². The second-order valence-corrected chi connectivity index (χ2v) is 8.24. The SMILES string of the molecule is CCN1CCCC1CNC(=NCC1CN2CCN1CC2)NCCc1ccco1. The van der Waals surface area contributed by atoms with Gasteiger partial charge in [0, 0.05) is 64.3 Å². The number of nitrogens with zero attached hydrogens (tertiary/aromatic N) is 4. The van der Waals surface area contributed by atoms with Crippen LogP contribution < -0.4 is 10.6 Å². The summed E-state index contributed by atoms with van der Waals surface area (Å²) in [5.41, 5.74) is 0. The number of nitrogens with one attached hydrogen (secondary N) is 2. The first kappa shape index (κ1) is 19.7. The molecule has 7 nitrogen and oxygen atoms in total. The van der Waals surface area contributed by atoms with Crippen molar-refractivity contribution in [3.63, 3.8) is 0 Å². The number of rotatable bonds is 8. The van der Waals surface area contributed by atoms with Crippen molar-refractivity contribution in [2.24, 2.45) is 4.99 Å². The first-order valence-corrected chi connectivity index (χ1v) is 11.1. The summed E-state index contributed by atoms with van der Waals surface area (Å²) in [5.74, 6) is 1.97. The predicted octanol–water partition coefficient (Wildman–Crippen LogP) is 0.841. The quantitative estimate of drug-likeness (QED) is 0.508. The summed E-state index contributed by atoms with van der Waals surface area (Å²) in [6.45, 7) is 13.3. The van der Waals surface area contributed by atoms with E-state index in [0.29, 0.717) is 12.1 Å². The minimum Gasteiger partial charge on any atom is -0.469 e. The van der Waals surface area contributed by atoms with Gasteiger partial charge in [0.05, 0.1) is 12.8 Å². The molecular weight excluding hydrogens is 352 g/mol. The van der Waals surface area contributed by atoms with Gasteiger partial charge in [-0.2, -0.15) is 0 Å². The summed E-state index contributed by atoms with van der Waals surface area (Å²) in [7, 11) is 0. The summed E-state index contributed by atoms with van der Waals surface area (Å²) in [6, 6.07) is 5.17. The Morgan fingerprint density at radius 2 is 2.07 bits per heavy atom. The van der Waals surface area contributed by atoms with Crippen LogP contribution in [-0.2, 0) is 6.42 Å². The lowest BCUT2D eigenvalue weighted by Gasteiger charge is -2.47. The normalized spacial score (nSPS) is 30.7. The highest BCUT2D eigenvalue weighted by Gasteiger charge is 2.31. The number of hydrogen-bond acceptors (Lipinski definition) is 5. The molecule has 5 rings (SSSR count). The molecular formula is C21H36N6O. The van der Waals surface area contributed by atoms with E-state index in [2.05, 4.69) is 32.3 Å². The molecule has 4 aliphatic rings. The van der Waals surface area contributed by atoms with Crippen molar-refractivity contribution < 1.29 is 4.42 Å². The van der Waals surface area contributed by atoms with Crippen LogP contribution in [0.2, 0.25) is 0 Å². The van der Waals surface area contributed by atoms with Gasteiger partial charge in [-0.05, 0) is 38.1 Å². The molecule has 4 fully saturated rings. The van der Waals surface area contributed by atoms with Gasteiger partial charge in [0.2, 0.25) is 0 Å². The third kappa shape index (κ3) is 5.07. The largest absolute Gasteiger partial charge is 0.469 e. The van der Waals surface area contributed by atoms with Gasteiger partial charge in [-0.3, -0.25) is 19.7 Å². The average molecular weight is 389 g/mol. The van der Waals surface area contributed by atoms with E-state index in [0.717, 1.165) is 50.9 Å². The fourth-order valence-corrected chi connectivity index (χ4v) is 4.78. The van der Waals surface area contributed by atoms with E-state index in [1.807, 2.05) is 12.1 Å². The molecule has 156 valence electrons. The third-order valence-electron chi connectivity index (χ3n) is 6.51. The molecule has 1 aromatic heterocycles. The van der Waals surface area contributed by atoms with Crippen LogP contribution in [0.4, 0.5) is 0 Å². The maximum atomic E-state index is 5.45. The molecule has 2 unspecified atom stereocenters. The van der Waals surface area contributed by atoms with Crippen LogP contribution in [0.5, 0.6) is 0 Å². The van der Waals surface area contributed by atoms with Gasteiger partial charge < -0.3 is 15.1 Å². The minimum absolute atomic E-state index is 0.560. The maximum Gasteiger partial charge on any atom is 0.191 e. The lowest BCUT2D eigenvalue weighted by Crippen LogP contribution is -2.62. The maximum absolute atomic E-state index is 5.45. The molecule has 2 N–H and O–H groups in total. The zero-order valence-corrected chi connectivity index (χ0v) is 17.3. The molecule has 5 heterocycles. The molecule has 4 saturated heterocycles. The van der Waals surface area contributed by atoms with Crippen molar-refractivity contribution >= 4 is 5.96 Å². The average Bonchev–Trinajstić information content (AvgIpc) is 3.42. The molecule has 0 amide bonds. The van der Waals surface area contributed by atoms with Crippen molar-refractivity contribution in [1.82, 2.24) is 25.3 Å². The Balaban J connectivity index is 1.31. The van der Waals surface area contributed by atoms with E-state index in [1.165, 1.54) is 45.6 Å². The number of guanidine groups is 1. The van der Waals surface area contributed by atoms with Crippen LogP contribution in [-0.4, -0.2) is 98.2 Å². The predicted molar refractivity (Wildman–Crippen MR) is 113 cm³/mol. The van der Waals surface area contributed by atoms with E-state index < -0.39 is 0 Å². The van der Waals surface area contributed by atoms with E-state index in [-0.39, 0.29) is 0 Å². The Morgan fingerprint density at radius 3 is 2.79 bits per heavy atom. The number of likely N-dealkylation sites (N-methyl/N-ethyl adjacent to an activating group) is 1. The number of furan rings is 1. The zero-order valence-electron chi connectivity index (χ0n) is 17.3. The Hall–Kier alpha value is -1.57. The van der Waals surface area contributed by atoms with E-state index >= 15 is 0 Å². The van der Waals surface area contributed by atoms with Crippen LogP contribution >= 0.6 is 0 Å². The highest BCUT2D eigenvalue weighted by molar-refractivity contribution is 5.79. The second kappa shape index (κ2) is 9.76. The number of fused-ring (bicyclic) bond motifs is 3. The monoisotopic (exact) mass is 388 g/mol. The number of piperazine rings is 3. The molecule has 28 heavy (non-hydrogen) atoms. The van der Waals surface area contributed by atoms with Crippen molar-refractivity contribution in [2.45, 2.75) is 38.3 Å². The molecule has 0 spiro atoms. The van der Waals surface area contributed by atoms with E-state index in [4.69, 9.17) is 9.41 Å². The number of aliphatic imine (C=N–C) groups is 1. The van der Waals surface area contributed by atoms with Crippen molar-refractivity contribution in [3.05, 3.63) is 24.2 Å². The second-order valence-electron chi connectivity index (χ2n) is 8.24. The highest BCUT2D eigenvalue weighted by atomic mass is 16.3. The lowest BCUT2D eigenvalue weighted by atomic mass is 10.1. The molecule has 1 aromatic rings. The fourth-order valence-electron chi connectivity index (χ4n) is 4.78. The van der Waals surface area contributed by atoms with Crippen molar-refractivity contribution in [3.8, 4) is 0 Å². The van der Waals surface area contributed by atoms with Crippen LogP contribution in [0.25, 0.3) is 0 Å². The van der Waals surface area contributed by atoms with Gasteiger partial charge in [0.25, 0.3) is 0 Å². The first-order valence-electron chi connectivity index (χ1n) is 11.1. The molecule has 0 saturated carbocycles. The topological polar surface area (TPSA) is 59.3 Å². The molecule has 2 bridgehead atoms. The highest BCUT2D eigenvalue weighted by Crippen LogP contribution is 2.16. The smallest absolute Gasteiger partial charge is 0.191 e. The van der Waals surface area contributed by atoms with Crippen molar-refractivity contribution in [1.29, 1.82) is 0 Å². The van der Waals surface area contributed by atoms with Crippen LogP contribution in [0, 0.1) is 0 Å². The van der Waals surface area contributed by atoms with Gasteiger partial charge >= 0.3 is 0 Å². The summed E-state index contributed by atoms with van der Waals surface area (Å²) in [6.07, 6.45) is 5.21. The molecule has 7 heteroatoms. The van der Waals surface area contributed by atoms with E-state index in [1.54, 1.807) is 6.26 Å². The summed E-state index contributed by atoms with van der Waals surface area (Å²) >= 11 is 0. The standard InChI is InChI=1S/C21H36N6O/c1-2-26-9-3-5-18(26)15-23-21(22-8-7-20-6-4-14-28-20)24-16-19-17-25-10-12-27(19)13-11-25/h4,6,14,18-19H,2-3,5,7-13,15-17H2,1H3,(H2,22,23,24). The Labute approximate surface area is 169 Å². The van der Waals surface area contributed by atoms with Crippen LogP contribution in [0.1, 0.15) is 25.5 Å². The molecule has 0 aliphatic carbocycles. The van der Waals surface area contributed by atoms with Gasteiger partial charge in [-0.1, -0.05) is 6.92 Å². The summed E-state index contributed by atoms with van der Waals surface area (Å²) in [4.78, 5) is 12.7. The fraction of sp³-hybridized carbons (Fsp3) is 0.762. The molecule has 2 atom stereocenters. The first-order chi connectivity index (χ1) is 13.8. The van der Waals surface area contributed by atoms with Gasteiger partial charge in [-0.25, -0.2) is 0 Å². The Bertz CT molecular complexity index is 610. The minimum atomic E-state index is 0.560. The molecule has 4 aliphatic heterocycles.